The van der Waals surface area contributed by atoms with Crippen molar-refractivity contribution in [3.05, 3.63) is 102 Å². The van der Waals surface area contributed by atoms with Gasteiger partial charge in [0.1, 0.15) is 16.7 Å². The minimum Gasteiger partial charge on any atom is -0.744 e. The van der Waals surface area contributed by atoms with Crippen LogP contribution in [0.25, 0.3) is 16.7 Å². The van der Waals surface area contributed by atoms with Crippen LogP contribution in [-0.2, 0) is 16.7 Å². The number of hydrogen-bond acceptors (Lipinski definition) is 6. The highest BCUT2D eigenvalue weighted by atomic mass is 32.2. The van der Waals surface area contributed by atoms with Gasteiger partial charge in [0.2, 0.25) is 11.5 Å². The SMILES string of the molecule is CCN1/C(=C2/C=C(c3oc4ccccc4[n+]3CC)CC2)Oc2ccccc21.Cc1ccc(S(=O)(=O)[O-])cc1. The molecule has 0 bridgehead atoms. The van der Waals surface area contributed by atoms with Crippen LogP contribution in [0.5, 0.6) is 5.75 Å². The summed E-state index contributed by atoms with van der Waals surface area (Å²) in [5.41, 5.74) is 6.65. The van der Waals surface area contributed by atoms with Gasteiger partial charge in [-0.2, -0.15) is 4.57 Å². The summed E-state index contributed by atoms with van der Waals surface area (Å²) in [6.07, 6.45) is 4.19. The molecule has 8 heteroatoms. The second-order valence-corrected chi connectivity index (χ2v) is 10.6. The van der Waals surface area contributed by atoms with E-state index in [9.17, 15) is 13.0 Å². The number of benzene rings is 3. The van der Waals surface area contributed by atoms with Crippen molar-refractivity contribution in [3.63, 3.8) is 0 Å². The van der Waals surface area contributed by atoms with Crippen molar-refractivity contribution in [1.82, 2.24) is 0 Å². The lowest BCUT2D eigenvalue weighted by Gasteiger charge is -2.17. The Labute approximate surface area is 223 Å². The van der Waals surface area contributed by atoms with Crippen molar-refractivity contribution in [2.24, 2.45) is 0 Å². The fourth-order valence-corrected chi connectivity index (χ4v) is 5.31. The molecular formula is C30H30N2O5S. The molecule has 38 heavy (non-hydrogen) atoms. The van der Waals surface area contributed by atoms with E-state index in [-0.39, 0.29) is 4.90 Å². The number of allylic oxidation sites excluding steroid dienone is 3. The summed E-state index contributed by atoms with van der Waals surface area (Å²) in [7, 11) is -4.27. The van der Waals surface area contributed by atoms with Gasteiger partial charge in [-0.15, -0.1) is 0 Å². The summed E-state index contributed by atoms with van der Waals surface area (Å²) in [6, 6.07) is 22.3. The Morgan fingerprint density at radius 3 is 2.37 bits per heavy atom. The number of ether oxygens (including phenoxy) is 1. The van der Waals surface area contributed by atoms with Crippen LogP contribution >= 0.6 is 0 Å². The van der Waals surface area contributed by atoms with Gasteiger partial charge >= 0.3 is 5.89 Å². The quantitative estimate of drug-likeness (QED) is 0.240. The monoisotopic (exact) mass is 530 g/mol. The third-order valence-electron chi connectivity index (χ3n) is 6.72. The lowest BCUT2D eigenvalue weighted by Crippen LogP contribution is -2.34. The molecule has 6 rings (SSSR count). The molecule has 7 nitrogen and oxygen atoms in total. The molecule has 3 aromatic carbocycles. The van der Waals surface area contributed by atoms with Crippen LogP contribution in [-0.4, -0.2) is 19.5 Å². The van der Waals surface area contributed by atoms with Crippen molar-refractivity contribution < 1.29 is 26.7 Å². The first kappa shape index (κ1) is 25.8. The number of aryl methyl sites for hydroxylation is 2. The Bertz CT molecular complexity index is 1650. The summed E-state index contributed by atoms with van der Waals surface area (Å²) in [5.74, 6) is 2.87. The first-order valence-electron chi connectivity index (χ1n) is 12.7. The minimum absolute atomic E-state index is 0.178. The van der Waals surface area contributed by atoms with Gasteiger partial charge in [-0.05, 0) is 70.0 Å². The highest BCUT2D eigenvalue weighted by Crippen LogP contribution is 2.42. The van der Waals surface area contributed by atoms with Gasteiger partial charge in [-0.3, -0.25) is 0 Å². The number of aromatic nitrogens is 1. The zero-order valence-electron chi connectivity index (χ0n) is 21.7. The van der Waals surface area contributed by atoms with E-state index in [1.165, 1.54) is 23.3 Å². The maximum absolute atomic E-state index is 10.4. The molecule has 0 spiro atoms. The van der Waals surface area contributed by atoms with Crippen LogP contribution in [0.1, 0.15) is 38.1 Å². The number of nitrogens with zero attached hydrogens (tertiary/aromatic N) is 2. The number of fused-ring (bicyclic) bond motifs is 2. The van der Waals surface area contributed by atoms with Gasteiger partial charge in [0.05, 0.1) is 16.2 Å². The van der Waals surface area contributed by atoms with Crippen molar-refractivity contribution in [2.45, 2.75) is 45.1 Å². The predicted molar refractivity (Wildman–Crippen MR) is 146 cm³/mol. The highest BCUT2D eigenvalue weighted by molar-refractivity contribution is 7.85. The normalized spacial score (nSPS) is 16.6. The zero-order chi connectivity index (χ0) is 26.9. The molecule has 0 saturated carbocycles. The fraction of sp³-hybridized carbons (Fsp3) is 0.233. The molecule has 2 heterocycles. The molecule has 0 N–H and O–H groups in total. The molecule has 2 aliphatic rings. The predicted octanol–water partition coefficient (Wildman–Crippen LogP) is 5.95. The summed E-state index contributed by atoms with van der Waals surface area (Å²) >= 11 is 0. The lowest BCUT2D eigenvalue weighted by molar-refractivity contribution is -0.675. The largest absolute Gasteiger partial charge is 0.744 e. The number of anilines is 1. The van der Waals surface area contributed by atoms with Gasteiger partial charge in [-0.1, -0.05) is 42.0 Å². The Morgan fingerprint density at radius 2 is 1.66 bits per heavy atom. The first-order valence-corrected chi connectivity index (χ1v) is 14.1. The van der Waals surface area contributed by atoms with Gasteiger partial charge in [-0.25, -0.2) is 8.42 Å². The molecule has 0 unspecified atom stereocenters. The van der Waals surface area contributed by atoms with Gasteiger partial charge in [0.15, 0.2) is 5.75 Å². The lowest BCUT2D eigenvalue weighted by atomic mass is 10.2. The van der Waals surface area contributed by atoms with E-state index in [0.717, 1.165) is 65.8 Å². The molecule has 0 atom stereocenters. The third kappa shape index (κ3) is 4.97. The van der Waals surface area contributed by atoms with Crippen LogP contribution in [0.4, 0.5) is 5.69 Å². The van der Waals surface area contributed by atoms with E-state index in [1.54, 1.807) is 12.1 Å². The van der Waals surface area contributed by atoms with Crippen molar-refractivity contribution in [3.8, 4) is 5.75 Å². The molecule has 1 aliphatic heterocycles. The van der Waals surface area contributed by atoms with Crippen molar-refractivity contribution >= 4 is 32.5 Å². The van der Waals surface area contributed by atoms with Crippen molar-refractivity contribution in [1.29, 1.82) is 0 Å². The van der Waals surface area contributed by atoms with Crippen LogP contribution < -0.4 is 14.2 Å². The van der Waals surface area contributed by atoms with E-state index < -0.39 is 10.1 Å². The fourth-order valence-electron chi connectivity index (χ4n) is 4.84. The van der Waals surface area contributed by atoms with Crippen LogP contribution in [0.3, 0.4) is 0 Å². The van der Waals surface area contributed by atoms with E-state index in [4.69, 9.17) is 9.15 Å². The molecule has 1 aliphatic carbocycles. The maximum Gasteiger partial charge on any atom is 0.377 e. The molecule has 0 radical (unpaired) electrons. The smallest absolute Gasteiger partial charge is 0.377 e. The topological polar surface area (TPSA) is 86.7 Å². The molecule has 0 amide bonds. The summed E-state index contributed by atoms with van der Waals surface area (Å²) < 4.78 is 45.9. The minimum atomic E-state index is -4.27. The third-order valence-corrected chi connectivity index (χ3v) is 7.57. The number of oxazole rings is 1. The molecule has 0 saturated heterocycles. The molecule has 1 aromatic heterocycles. The number of hydrogen-bond donors (Lipinski definition) is 0. The average Bonchev–Trinajstić information content (AvgIpc) is 3.63. The van der Waals surface area contributed by atoms with Crippen molar-refractivity contribution in [2.75, 3.05) is 11.4 Å². The van der Waals surface area contributed by atoms with E-state index >= 15 is 0 Å². The number of rotatable bonds is 4. The van der Waals surface area contributed by atoms with Gasteiger partial charge in [0, 0.05) is 18.2 Å². The molecule has 196 valence electrons. The summed E-state index contributed by atoms with van der Waals surface area (Å²) in [4.78, 5) is 2.08. The van der Waals surface area contributed by atoms with E-state index in [2.05, 4.69) is 53.7 Å². The Kier molecular flexibility index (Phi) is 7.10. The van der Waals surface area contributed by atoms with Crippen LogP contribution in [0, 0.1) is 6.92 Å². The average molecular weight is 531 g/mol. The molecule has 4 aromatic rings. The standard InChI is InChI=1S/C23H23N2O2.C7H8O3S/c1-3-24-18-9-5-7-11-20(18)26-22(24)16-13-14-17(15-16)23-25(4-2)19-10-6-8-12-21(19)27-23;1-6-2-4-7(5-3-6)11(8,9)10/h5-12,15H,3-4,13-14H2,1-2H3;2-5H,1H3,(H,8,9,10)/q+1;/p-1. The molecular weight excluding hydrogens is 500 g/mol. The van der Waals surface area contributed by atoms with Crippen LogP contribution in [0.2, 0.25) is 0 Å². The second-order valence-electron chi connectivity index (χ2n) is 9.20. The second kappa shape index (κ2) is 10.5. The summed E-state index contributed by atoms with van der Waals surface area (Å²) in [6.45, 7) is 7.92. The summed E-state index contributed by atoms with van der Waals surface area (Å²) in [5, 5.41) is 0. The number of para-hydroxylation sites is 4. The Hall–Kier alpha value is -3.88. The molecule has 0 fully saturated rings. The maximum atomic E-state index is 10.4. The van der Waals surface area contributed by atoms with Crippen LogP contribution in [0.15, 0.2) is 99.6 Å². The zero-order valence-corrected chi connectivity index (χ0v) is 22.5. The Balaban J connectivity index is 0.000000226. The van der Waals surface area contributed by atoms with Gasteiger partial charge < -0.3 is 18.6 Å². The highest BCUT2D eigenvalue weighted by Gasteiger charge is 2.32. The Morgan fingerprint density at radius 1 is 0.947 bits per heavy atom. The van der Waals surface area contributed by atoms with E-state index in [1.807, 2.05) is 31.2 Å². The van der Waals surface area contributed by atoms with E-state index in [0.29, 0.717) is 0 Å². The first-order chi connectivity index (χ1) is 18.3. The van der Waals surface area contributed by atoms with Gasteiger partial charge in [0.25, 0.3) is 5.52 Å².